The van der Waals surface area contributed by atoms with Crippen LogP contribution in [0.1, 0.15) is 94.2 Å². The van der Waals surface area contributed by atoms with Crippen LogP contribution in [0, 0.1) is 0 Å². The highest BCUT2D eigenvalue weighted by Crippen LogP contribution is 2.34. The Morgan fingerprint density at radius 3 is 1.22 bits per heavy atom. The molecule has 49 heavy (non-hydrogen) atoms. The normalized spacial score (nSPS) is 16.6. The first-order chi connectivity index (χ1) is 22.7. The fourth-order valence-electron chi connectivity index (χ4n) is 5.57. The molecular weight excluding hydrogens is 628 g/mol. The molecule has 1 fully saturated rings. The zero-order valence-corrected chi connectivity index (χ0v) is 30.3. The molecule has 2 aliphatic rings. The molecule has 0 spiro atoms. The van der Waals surface area contributed by atoms with E-state index in [1.54, 1.807) is 105 Å². The van der Waals surface area contributed by atoms with E-state index in [0.717, 1.165) is 0 Å². The highest BCUT2D eigenvalue weighted by Gasteiger charge is 2.34. The molecule has 0 N–H and O–H groups in total. The van der Waals surface area contributed by atoms with Crippen LogP contribution in [0.15, 0.2) is 42.5 Å². The Bertz CT molecular complexity index is 1540. The van der Waals surface area contributed by atoms with Crippen molar-refractivity contribution in [2.75, 3.05) is 57.3 Å². The molecule has 12 heteroatoms. The van der Waals surface area contributed by atoms with E-state index in [2.05, 4.69) is 0 Å². The van der Waals surface area contributed by atoms with Crippen LogP contribution >= 0.6 is 0 Å². The first kappa shape index (κ1) is 37.2. The number of rotatable bonds is 1. The second kappa shape index (κ2) is 14.5. The Hall–Kier alpha value is -4.61. The summed E-state index contributed by atoms with van der Waals surface area (Å²) in [4.78, 5) is 74.3. The molecule has 0 saturated carbocycles. The predicted octanol–water partition coefficient (Wildman–Crippen LogP) is 5.99. The monoisotopic (exact) mass is 678 g/mol. The Labute approximate surface area is 289 Å². The lowest BCUT2D eigenvalue weighted by Crippen LogP contribution is -2.51. The maximum Gasteiger partial charge on any atom is 0.410 e. The standard InChI is InChI=1S/C37H50N4O8/c1-35(2,3)47-32(44)39-19-17-38(28-16-12-15-27-29(28)31(43)26-14-11-10-13-25(26)30(27)42)18-20-40(33(45)48-36(4,5)6)22-24-41(23-21-39)34(46)49-37(7,8)9/h10-16H,17-24H2,1-9H3. The van der Waals surface area contributed by atoms with Crippen LogP contribution in [0.3, 0.4) is 0 Å². The van der Waals surface area contributed by atoms with E-state index in [9.17, 15) is 24.0 Å². The number of anilines is 1. The van der Waals surface area contributed by atoms with E-state index in [1.165, 1.54) is 14.7 Å². The van der Waals surface area contributed by atoms with Gasteiger partial charge in [0.2, 0.25) is 0 Å². The zero-order chi connectivity index (χ0) is 36.3. The van der Waals surface area contributed by atoms with Gasteiger partial charge in [0.05, 0.1) is 5.56 Å². The summed E-state index contributed by atoms with van der Waals surface area (Å²) in [6.45, 7) is 17.2. The molecule has 1 aliphatic carbocycles. The second-order valence-corrected chi connectivity index (χ2v) is 15.3. The number of nitrogens with zero attached hydrogens (tertiary/aromatic N) is 4. The third-order valence-electron chi connectivity index (χ3n) is 7.79. The minimum atomic E-state index is -0.766. The highest BCUT2D eigenvalue weighted by atomic mass is 16.6. The maximum atomic E-state index is 14.0. The third kappa shape index (κ3) is 9.73. The number of fused-ring (bicyclic) bond motifs is 2. The van der Waals surface area contributed by atoms with Crippen molar-refractivity contribution >= 4 is 35.5 Å². The summed E-state index contributed by atoms with van der Waals surface area (Å²) in [5, 5.41) is 0. The number of ether oxygens (including phenoxy) is 3. The first-order valence-corrected chi connectivity index (χ1v) is 16.7. The minimum absolute atomic E-state index is 0.112. The molecule has 12 nitrogen and oxygen atoms in total. The number of amides is 3. The fourth-order valence-corrected chi connectivity index (χ4v) is 5.57. The summed E-state index contributed by atoms with van der Waals surface area (Å²) in [6, 6.07) is 11.9. The molecule has 2 aromatic carbocycles. The number of hydrogen-bond donors (Lipinski definition) is 0. The molecule has 2 aromatic rings. The van der Waals surface area contributed by atoms with Gasteiger partial charge in [-0.05, 0) is 68.4 Å². The summed E-state index contributed by atoms with van der Waals surface area (Å²) in [5.41, 5.74) is -0.509. The van der Waals surface area contributed by atoms with Gasteiger partial charge in [-0.15, -0.1) is 0 Å². The van der Waals surface area contributed by atoms with Gasteiger partial charge in [-0.2, -0.15) is 0 Å². The van der Waals surface area contributed by atoms with E-state index in [0.29, 0.717) is 22.4 Å². The van der Waals surface area contributed by atoms with Gasteiger partial charge in [-0.25, -0.2) is 14.4 Å². The largest absolute Gasteiger partial charge is 0.444 e. The van der Waals surface area contributed by atoms with Crippen molar-refractivity contribution in [1.82, 2.24) is 14.7 Å². The van der Waals surface area contributed by atoms with Gasteiger partial charge in [-0.3, -0.25) is 9.59 Å². The quantitative estimate of drug-likeness (QED) is 0.285. The lowest BCUT2D eigenvalue weighted by atomic mass is 9.83. The Morgan fingerprint density at radius 2 is 0.837 bits per heavy atom. The van der Waals surface area contributed by atoms with Crippen LogP contribution in [0.2, 0.25) is 0 Å². The van der Waals surface area contributed by atoms with Crippen LogP contribution in [-0.4, -0.2) is 114 Å². The summed E-state index contributed by atoms with van der Waals surface area (Å²) >= 11 is 0. The van der Waals surface area contributed by atoms with Gasteiger partial charge in [0.15, 0.2) is 11.6 Å². The van der Waals surface area contributed by atoms with Gasteiger partial charge in [0.25, 0.3) is 0 Å². The summed E-state index contributed by atoms with van der Waals surface area (Å²) in [7, 11) is 0. The molecule has 4 rings (SSSR count). The Kier molecular flexibility index (Phi) is 11.0. The van der Waals surface area contributed by atoms with E-state index in [-0.39, 0.29) is 69.5 Å². The van der Waals surface area contributed by atoms with Crippen LogP contribution < -0.4 is 4.90 Å². The topological polar surface area (TPSA) is 126 Å². The van der Waals surface area contributed by atoms with E-state index < -0.39 is 35.1 Å². The average Bonchev–Trinajstić information content (AvgIpc) is 2.97. The lowest BCUT2D eigenvalue weighted by molar-refractivity contribution is 0.00807. The first-order valence-electron chi connectivity index (χ1n) is 16.7. The molecular formula is C37H50N4O8. The Morgan fingerprint density at radius 1 is 0.490 bits per heavy atom. The van der Waals surface area contributed by atoms with Gasteiger partial charge in [-0.1, -0.05) is 36.4 Å². The molecule has 0 bridgehead atoms. The summed E-state index contributed by atoms with van der Waals surface area (Å²) in [6.07, 6.45) is -1.68. The molecule has 1 saturated heterocycles. The van der Waals surface area contributed by atoms with Gasteiger partial charge < -0.3 is 33.8 Å². The highest BCUT2D eigenvalue weighted by molar-refractivity contribution is 6.30. The molecule has 0 radical (unpaired) electrons. The van der Waals surface area contributed by atoms with Crippen molar-refractivity contribution in [3.05, 3.63) is 64.7 Å². The maximum absolute atomic E-state index is 14.0. The Balaban J connectivity index is 1.75. The van der Waals surface area contributed by atoms with E-state index in [4.69, 9.17) is 14.2 Å². The van der Waals surface area contributed by atoms with Crippen LogP contribution in [0.5, 0.6) is 0 Å². The van der Waals surface area contributed by atoms with Crippen molar-refractivity contribution in [2.24, 2.45) is 0 Å². The van der Waals surface area contributed by atoms with E-state index in [1.807, 2.05) is 4.90 Å². The van der Waals surface area contributed by atoms with Gasteiger partial charge in [0.1, 0.15) is 16.8 Å². The number of carbonyl (C=O) groups excluding carboxylic acids is 5. The van der Waals surface area contributed by atoms with Crippen LogP contribution in [0.25, 0.3) is 0 Å². The van der Waals surface area contributed by atoms with Crippen molar-refractivity contribution in [1.29, 1.82) is 0 Å². The summed E-state index contributed by atoms with van der Waals surface area (Å²) < 4.78 is 17.2. The molecule has 0 atom stereocenters. The van der Waals surface area contributed by atoms with Crippen LogP contribution in [-0.2, 0) is 14.2 Å². The fraction of sp³-hybridized carbons (Fsp3) is 0.541. The van der Waals surface area contributed by atoms with E-state index >= 15 is 0 Å². The van der Waals surface area contributed by atoms with Crippen molar-refractivity contribution in [3.8, 4) is 0 Å². The minimum Gasteiger partial charge on any atom is -0.444 e. The number of benzene rings is 2. The molecule has 266 valence electrons. The van der Waals surface area contributed by atoms with Crippen LogP contribution in [0.4, 0.5) is 20.1 Å². The third-order valence-corrected chi connectivity index (χ3v) is 7.79. The molecule has 1 aliphatic heterocycles. The number of hydrogen-bond acceptors (Lipinski definition) is 9. The van der Waals surface area contributed by atoms with Crippen molar-refractivity contribution in [2.45, 2.75) is 79.1 Å². The molecule has 0 aromatic heterocycles. The van der Waals surface area contributed by atoms with Gasteiger partial charge >= 0.3 is 18.3 Å². The molecule has 3 amide bonds. The van der Waals surface area contributed by atoms with Gasteiger partial charge in [0, 0.05) is 74.7 Å². The van der Waals surface area contributed by atoms with Crippen molar-refractivity contribution in [3.63, 3.8) is 0 Å². The second-order valence-electron chi connectivity index (χ2n) is 15.3. The molecule has 0 unspecified atom stereocenters. The SMILES string of the molecule is CC(C)(C)OC(=O)N1CCN(C(=O)OC(C)(C)C)CCN(c2cccc3c2C(=O)c2ccccc2C3=O)CCN(C(=O)OC(C)(C)C)CC1. The predicted molar refractivity (Wildman–Crippen MR) is 185 cm³/mol. The summed E-state index contributed by atoms with van der Waals surface area (Å²) in [5.74, 6) is -0.512. The lowest BCUT2D eigenvalue weighted by Gasteiger charge is -2.37. The average molecular weight is 679 g/mol. The zero-order valence-electron chi connectivity index (χ0n) is 30.3. The molecule has 1 heterocycles. The smallest absolute Gasteiger partial charge is 0.410 e. The van der Waals surface area contributed by atoms with Crippen molar-refractivity contribution < 1.29 is 38.2 Å². The number of carbonyl (C=O) groups is 5. The number of ketones is 2.